The third-order valence-electron chi connectivity index (χ3n) is 5.23. The van der Waals surface area contributed by atoms with Crippen LogP contribution in [0.5, 0.6) is 5.75 Å². The van der Waals surface area contributed by atoms with Gasteiger partial charge in [-0.15, -0.1) is 0 Å². The molecule has 1 amide bonds. The van der Waals surface area contributed by atoms with E-state index in [9.17, 15) is 4.79 Å². The second-order valence-electron chi connectivity index (χ2n) is 7.16. The summed E-state index contributed by atoms with van der Waals surface area (Å²) in [5.41, 5.74) is 4.37. The van der Waals surface area contributed by atoms with Gasteiger partial charge in [-0.1, -0.05) is 54.1 Å². The van der Waals surface area contributed by atoms with Crippen LogP contribution in [0.4, 0.5) is 5.69 Å². The Bertz CT molecular complexity index is 1280. The lowest BCUT2D eigenvalue weighted by atomic mass is 10.0. The second kappa shape index (κ2) is 7.73. The summed E-state index contributed by atoms with van der Waals surface area (Å²) in [6, 6.07) is 23.5. The molecular weight excluding hydrogens is 396 g/mol. The molecule has 4 aromatic rings. The van der Waals surface area contributed by atoms with Crippen molar-refractivity contribution in [2.75, 3.05) is 11.9 Å². The van der Waals surface area contributed by atoms with E-state index in [0.717, 1.165) is 33.5 Å². The maximum Gasteiger partial charge on any atom is 0.256 e. The number of amides is 1. The molecule has 0 aliphatic carbocycles. The Morgan fingerprint density at radius 2 is 1.80 bits per heavy atom. The number of aromatic nitrogens is 1. The average Bonchev–Trinajstić information content (AvgIpc) is 3.26. The van der Waals surface area contributed by atoms with E-state index in [2.05, 4.69) is 28.2 Å². The minimum atomic E-state index is -0.114. The van der Waals surface area contributed by atoms with Crippen molar-refractivity contribution in [3.63, 3.8) is 0 Å². The van der Waals surface area contributed by atoms with E-state index < -0.39 is 0 Å². The highest BCUT2D eigenvalue weighted by atomic mass is 35.5. The topological polar surface area (TPSA) is 43.3 Å². The quantitative estimate of drug-likeness (QED) is 0.415. The molecule has 5 heteroatoms. The lowest BCUT2D eigenvalue weighted by Gasteiger charge is -2.08. The first-order chi connectivity index (χ1) is 14.7. The van der Waals surface area contributed by atoms with E-state index >= 15 is 0 Å². The monoisotopic (exact) mass is 414 g/mol. The SMILES string of the molecule is O=C1Nc2cc(Cl)ccc2C1=Cc1cn(CCOc2ccccc2)c2ccccc12. The lowest BCUT2D eigenvalue weighted by Crippen LogP contribution is -2.07. The Morgan fingerprint density at radius 1 is 1.00 bits per heavy atom. The summed E-state index contributed by atoms with van der Waals surface area (Å²) >= 11 is 6.07. The van der Waals surface area contributed by atoms with Gasteiger partial charge in [-0.3, -0.25) is 4.79 Å². The number of nitrogens with one attached hydrogen (secondary N) is 1. The first kappa shape index (κ1) is 18.5. The van der Waals surface area contributed by atoms with Gasteiger partial charge in [-0.05, 0) is 36.4 Å². The van der Waals surface area contributed by atoms with Crippen molar-refractivity contribution in [3.05, 3.63) is 95.1 Å². The van der Waals surface area contributed by atoms with Gasteiger partial charge in [0.25, 0.3) is 5.91 Å². The van der Waals surface area contributed by atoms with Gasteiger partial charge in [0.15, 0.2) is 0 Å². The summed E-state index contributed by atoms with van der Waals surface area (Å²) in [4.78, 5) is 12.6. The summed E-state index contributed by atoms with van der Waals surface area (Å²) in [6.45, 7) is 1.26. The van der Waals surface area contributed by atoms with Crippen LogP contribution in [-0.4, -0.2) is 17.1 Å². The van der Waals surface area contributed by atoms with Crippen LogP contribution in [0.2, 0.25) is 5.02 Å². The van der Waals surface area contributed by atoms with Gasteiger partial charge in [0.2, 0.25) is 0 Å². The van der Waals surface area contributed by atoms with Crippen LogP contribution in [0, 0.1) is 0 Å². The van der Waals surface area contributed by atoms with Crippen molar-refractivity contribution in [2.45, 2.75) is 6.54 Å². The third-order valence-corrected chi connectivity index (χ3v) is 5.46. The van der Waals surface area contributed by atoms with Gasteiger partial charge < -0.3 is 14.6 Å². The number of rotatable bonds is 5. The molecule has 5 rings (SSSR count). The number of carbonyl (C=O) groups is 1. The standard InChI is InChI=1S/C25H19ClN2O2/c26-18-10-11-21-22(25(29)27-23(21)15-18)14-17-16-28(24-9-5-4-8-20(17)24)12-13-30-19-6-2-1-3-7-19/h1-11,14-16H,12-13H2,(H,27,29). The van der Waals surface area contributed by atoms with E-state index in [4.69, 9.17) is 16.3 Å². The maximum absolute atomic E-state index is 12.6. The largest absolute Gasteiger partial charge is 0.492 e. The van der Waals surface area contributed by atoms with E-state index in [1.165, 1.54) is 0 Å². The molecule has 1 aliphatic rings. The summed E-state index contributed by atoms with van der Waals surface area (Å²) in [5.74, 6) is 0.741. The molecule has 148 valence electrons. The lowest BCUT2D eigenvalue weighted by molar-refractivity contribution is -0.110. The van der Waals surface area contributed by atoms with Crippen LogP contribution in [0.1, 0.15) is 11.1 Å². The fourth-order valence-corrected chi connectivity index (χ4v) is 3.99. The number of carbonyl (C=O) groups excluding carboxylic acids is 1. The normalized spacial score (nSPS) is 14.2. The number of para-hydroxylation sites is 2. The maximum atomic E-state index is 12.6. The number of halogens is 1. The minimum Gasteiger partial charge on any atom is -0.492 e. The molecule has 0 bridgehead atoms. The van der Waals surface area contributed by atoms with Gasteiger partial charge in [0.1, 0.15) is 12.4 Å². The second-order valence-corrected chi connectivity index (χ2v) is 7.59. The molecule has 0 spiro atoms. The Balaban J connectivity index is 1.47. The molecule has 0 atom stereocenters. The zero-order chi connectivity index (χ0) is 20.5. The fraction of sp³-hybridized carbons (Fsp3) is 0.0800. The number of benzene rings is 3. The Hall–Kier alpha value is -3.50. The van der Waals surface area contributed by atoms with Crippen molar-refractivity contribution in [2.24, 2.45) is 0 Å². The first-order valence-corrected chi connectivity index (χ1v) is 10.2. The van der Waals surface area contributed by atoms with Crippen molar-refractivity contribution in [1.82, 2.24) is 4.57 Å². The molecular formula is C25H19ClN2O2. The van der Waals surface area contributed by atoms with E-state index in [-0.39, 0.29) is 5.91 Å². The summed E-state index contributed by atoms with van der Waals surface area (Å²) in [5, 5.41) is 4.60. The number of ether oxygens (including phenoxy) is 1. The molecule has 30 heavy (non-hydrogen) atoms. The van der Waals surface area contributed by atoms with Crippen molar-refractivity contribution >= 4 is 45.7 Å². The summed E-state index contributed by atoms with van der Waals surface area (Å²) < 4.78 is 8.03. The summed E-state index contributed by atoms with van der Waals surface area (Å²) in [6.07, 6.45) is 4.03. The zero-order valence-corrected chi connectivity index (χ0v) is 16.9. The number of fused-ring (bicyclic) bond motifs is 2. The van der Waals surface area contributed by atoms with Gasteiger partial charge in [0, 0.05) is 38.8 Å². The predicted octanol–water partition coefficient (Wildman–Crippen LogP) is 5.87. The van der Waals surface area contributed by atoms with Crippen molar-refractivity contribution in [1.29, 1.82) is 0 Å². The van der Waals surface area contributed by atoms with Crippen LogP contribution in [-0.2, 0) is 11.3 Å². The molecule has 1 aliphatic heterocycles. The van der Waals surface area contributed by atoms with Gasteiger partial charge in [-0.25, -0.2) is 0 Å². The predicted molar refractivity (Wildman–Crippen MR) is 122 cm³/mol. The summed E-state index contributed by atoms with van der Waals surface area (Å²) in [7, 11) is 0. The van der Waals surface area contributed by atoms with Crippen molar-refractivity contribution in [3.8, 4) is 5.75 Å². The van der Waals surface area contributed by atoms with Crippen molar-refractivity contribution < 1.29 is 9.53 Å². The van der Waals surface area contributed by atoms with E-state index in [0.29, 0.717) is 23.7 Å². The first-order valence-electron chi connectivity index (χ1n) is 9.78. The molecule has 2 heterocycles. The molecule has 0 saturated heterocycles. The van der Waals surface area contributed by atoms with E-state index in [1.54, 1.807) is 12.1 Å². The van der Waals surface area contributed by atoms with Crippen LogP contribution in [0.3, 0.4) is 0 Å². The highest BCUT2D eigenvalue weighted by Crippen LogP contribution is 2.36. The number of nitrogens with zero attached hydrogens (tertiary/aromatic N) is 1. The van der Waals surface area contributed by atoms with E-state index in [1.807, 2.05) is 54.6 Å². The molecule has 0 radical (unpaired) electrons. The zero-order valence-electron chi connectivity index (χ0n) is 16.1. The number of anilines is 1. The smallest absolute Gasteiger partial charge is 0.256 e. The molecule has 0 unspecified atom stereocenters. The van der Waals surface area contributed by atoms with Gasteiger partial charge in [-0.2, -0.15) is 0 Å². The molecule has 1 aromatic heterocycles. The van der Waals surface area contributed by atoms with Crippen LogP contribution in [0.15, 0.2) is 79.0 Å². The highest BCUT2D eigenvalue weighted by molar-refractivity contribution is 6.36. The minimum absolute atomic E-state index is 0.114. The Morgan fingerprint density at radius 3 is 2.67 bits per heavy atom. The molecule has 3 aromatic carbocycles. The molecule has 0 fully saturated rings. The Labute approximate surface area is 179 Å². The molecule has 4 nitrogen and oxygen atoms in total. The number of hydrogen-bond donors (Lipinski definition) is 1. The van der Waals surface area contributed by atoms with Gasteiger partial charge in [0.05, 0.1) is 12.2 Å². The van der Waals surface area contributed by atoms with Crippen LogP contribution < -0.4 is 10.1 Å². The van der Waals surface area contributed by atoms with Crippen LogP contribution in [0.25, 0.3) is 22.6 Å². The third kappa shape index (κ3) is 3.46. The highest BCUT2D eigenvalue weighted by Gasteiger charge is 2.24. The molecule has 0 saturated carbocycles. The molecule has 1 N–H and O–H groups in total. The number of hydrogen-bond acceptors (Lipinski definition) is 2. The fourth-order valence-electron chi connectivity index (χ4n) is 3.82. The van der Waals surface area contributed by atoms with Gasteiger partial charge >= 0.3 is 0 Å². The Kier molecular flexibility index (Phi) is 4.77. The average molecular weight is 415 g/mol. The van der Waals surface area contributed by atoms with Crippen LogP contribution >= 0.6 is 11.6 Å².